The largest absolute Gasteiger partial charge is 0.482 e. The Hall–Kier alpha value is -2.54. The number of esters is 1. The van der Waals surface area contributed by atoms with Crippen molar-refractivity contribution in [3.05, 3.63) is 52.0 Å². The van der Waals surface area contributed by atoms with Gasteiger partial charge in [-0.05, 0) is 78.2 Å². The number of rotatable bonds is 7. The summed E-state index contributed by atoms with van der Waals surface area (Å²) in [6.07, 6.45) is -0.682. The lowest BCUT2D eigenvalue weighted by atomic mass is 10.2. The SMILES string of the molecule is COC(=O)COc1ccc(NC(=O)C(C)Oc2ccc(C)cc2Br)c(C)c1. The quantitative estimate of drug-likeness (QED) is 0.664. The minimum atomic E-state index is -0.682. The Kier molecular flexibility index (Phi) is 7.24. The van der Waals surface area contributed by atoms with Crippen LogP contribution in [0.5, 0.6) is 11.5 Å². The molecule has 0 aliphatic rings. The van der Waals surface area contributed by atoms with E-state index >= 15 is 0 Å². The van der Waals surface area contributed by atoms with Crippen molar-refractivity contribution in [2.24, 2.45) is 0 Å². The summed E-state index contributed by atoms with van der Waals surface area (Å²) in [5.74, 6) is 0.391. The molecule has 6 nitrogen and oxygen atoms in total. The van der Waals surface area contributed by atoms with Crippen LogP contribution < -0.4 is 14.8 Å². The number of ether oxygens (including phenoxy) is 3. The van der Waals surface area contributed by atoms with E-state index in [9.17, 15) is 9.59 Å². The van der Waals surface area contributed by atoms with Crippen LogP contribution in [0, 0.1) is 13.8 Å². The first kappa shape index (κ1) is 20.8. The van der Waals surface area contributed by atoms with Gasteiger partial charge in [0.1, 0.15) is 11.5 Å². The molecule has 0 saturated carbocycles. The lowest BCUT2D eigenvalue weighted by Gasteiger charge is -2.17. The molecule has 0 bridgehead atoms. The number of carbonyl (C=O) groups excluding carboxylic acids is 2. The first-order valence-corrected chi connectivity index (χ1v) is 9.13. The molecular weight excluding hydrogens is 414 g/mol. The predicted octanol–water partition coefficient (Wildman–Crippen LogP) is 4.02. The van der Waals surface area contributed by atoms with Crippen LogP contribution in [0.25, 0.3) is 0 Å². The smallest absolute Gasteiger partial charge is 0.343 e. The van der Waals surface area contributed by atoms with Gasteiger partial charge in [0.2, 0.25) is 0 Å². The zero-order valence-corrected chi connectivity index (χ0v) is 17.3. The molecular formula is C20H22BrNO5. The van der Waals surface area contributed by atoms with Crippen molar-refractivity contribution in [1.82, 2.24) is 0 Å². The molecule has 0 spiro atoms. The summed E-state index contributed by atoms with van der Waals surface area (Å²) < 4.78 is 16.4. The minimum Gasteiger partial charge on any atom is -0.482 e. The zero-order valence-electron chi connectivity index (χ0n) is 15.7. The molecule has 0 aliphatic heterocycles. The third-order valence-corrected chi connectivity index (χ3v) is 4.42. The van der Waals surface area contributed by atoms with Crippen molar-refractivity contribution in [2.75, 3.05) is 19.0 Å². The first-order valence-electron chi connectivity index (χ1n) is 8.34. The van der Waals surface area contributed by atoms with Crippen LogP contribution in [0.1, 0.15) is 18.1 Å². The second kappa shape index (κ2) is 9.41. The van der Waals surface area contributed by atoms with Gasteiger partial charge in [-0.25, -0.2) is 4.79 Å². The van der Waals surface area contributed by atoms with Gasteiger partial charge in [-0.15, -0.1) is 0 Å². The highest BCUT2D eigenvalue weighted by molar-refractivity contribution is 9.10. The average Bonchev–Trinajstić information content (AvgIpc) is 2.63. The van der Waals surface area contributed by atoms with Gasteiger partial charge in [0.25, 0.3) is 5.91 Å². The molecule has 0 aromatic heterocycles. The molecule has 7 heteroatoms. The van der Waals surface area contributed by atoms with E-state index in [1.165, 1.54) is 7.11 Å². The zero-order chi connectivity index (χ0) is 20.0. The normalized spacial score (nSPS) is 11.4. The van der Waals surface area contributed by atoms with Gasteiger partial charge in [-0.1, -0.05) is 6.07 Å². The fraction of sp³-hybridized carbons (Fsp3) is 0.300. The van der Waals surface area contributed by atoms with Crippen LogP contribution in [0.15, 0.2) is 40.9 Å². The van der Waals surface area contributed by atoms with Gasteiger partial charge in [0.15, 0.2) is 12.7 Å². The Morgan fingerprint density at radius 2 is 1.89 bits per heavy atom. The van der Waals surface area contributed by atoms with Crippen molar-refractivity contribution in [3.63, 3.8) is 0 Å². The van der Waals surface area contributed by atoms with Crippen molar-refractivity contribution in [2.45, 2.75) is 26.9 Å². The van der Waals surface area contributed by atoms with Crippen molar-refractivity contribution in [1.29, 1.82) is 0 Å². The van der Waals surface area contributed by atoms with Crippen LogP contribution in [0.2, 0.25) is 0 Å². The fourth-order valence-corrected chi connectivity index (χ4v) is 2.83. The number of methoxy groups -OCH3 is 1. The molecule has 27 heavy (non-hydrogen) atoms. The van der Waals surface area contributed by atoms with Crippen LogP contribution >= 0.6 is 15.9 Å². The highest BCUT2D eigenvalue weighted by Crippen LogP contribution is 2.27. The lowest BCUT2D eigenvalue weighted by molar-refractivity contribution is -0.142. The van der Waals surface area contributed by atoms with Crippen LogP contribution in [-0.4, -0.2) is 31.7 Å². The van der Waals surface area contributed by atoms with E-state index in [4.69, 9.17) is 9.47 Å². The third-order valence-electron chi connectivity index (χ3n) is 3.80. The van der Waals surface area contributed by atoms with E-state index in [-0.39, 0.29) is 12.5 Å². The second-order valence-electron chi connectivity index (χ2n) is 6.02. The summed E-state index contributed by atoms with van der Waals surface area (Å²) in [6.45, 7) is 5.33. The Balaban J connectivity index is 1.98. The summed E-state index contributed by atoms with van der Waals surface area (Å²) in [5.41, 5.74) is 2.54. The molecule has 2 rings (SSSR count). The number of nitrogens with one attached hydrogen (secondary N) is 1. The molecule has 1 unspecified atom stereocenters. The Labute approximate surface area is 166 Å². The molecule has 0 saturated heterocycles. The number of hydrogen-bond donors (Lipinski definition) is 1. The molecule has 144 valence electrons. The lowest BCUT2D eigenvalue weighted by Crippen LogP contribution is -2.30. The maximum Gasteiger partial charge on any atom is 0.343 e. The topological polar surface area (TPSA) is 73.9 Å². The molecule has 1 atom stereocenters. The molecule has 0 radical (unpaired) electrons. The summed E-state index contributed by atoms with van der Waals surface area (Å²) in [4.78, 5) is 23.6. The summed E-state index contributed by atoms with van der Waals surface area (Å²) in [7, 11) is 1.30. The van der Waals surface area contributed by atoms with Gasteiger partial charge < -0.3 is 19.5 Å². The molecule has 0 heterocycles. The first-order chi connectivity index (χ1) is 12.8. The number of halogens is 1. The molecule has 1 N–H and O–H groups in total. The Morgan fingerprint density at radius 1 is 1.15 bits per heavy atom. The van der Waals surface area contributed by atoms with Crippen molar-refractivity contribution in [3.8, 4) is 11.5 Å². The molecule has 0 aliphatic carbocycles. The molecule has 1 amide bonds. The number of carbonyl (C=O) groups is 2. The van der Waals surface area contributed by atoms with E-state index < -0.39 is 12.1 Å². The number of anilines is 1. The number of benzene rings is 2. The summed E-state index contributed by atoms with van der Waals surface area (Å²) in [5, 5.41) is 2.84. The predicted molar refractivity (Wildman–Crippen MR) is 106 cm³/mol. The van der Waals surface area contributed by atoms with E-state index in [2.05, 4.69) is 26.0 Å². The van der Waals surface area contributed by atoms with Gasteiger partial charge in [-0.2, -0.15) is 0 Å². The third kappa shape index (κ3) is 5.99. The van der Waals surface area contributed by atoms with Gasteiger partial charge in [0, 0.05) is 5.69 Å². The fourth-order valence-electron chi connectivity index (χ4n) is 2.25. The average molecular weight is 436 g/mol. The maximum atomic E-state index is 12.4. The van der Waals surface area contributed by atoms with E-state index in [1.54, 1.807) is 25.1 Å². The summed E-state index contributed by atoms with van der Waals surface area (Å²) in [6, 6.07) is 10.8. The molecule has 2 aromatic carbocycles. The van der Waals surface area contributed by atoms with E-state index in [0.29, 0.717) is 17.2 Å². The van der Waals surface area contributed by atoms with E-state index in [0.717, 1.165) is 15.6 Å². The maximum absolute atomic E-state index is 12.4. The molecule has 0 fully saturated rings. The highest BCUT2D eigenvalue weighted by Gasteiger charge is 2.17. The van der Waals surface area contributed by atoms with Crippen LogP contribution in [0.3, 0.4) is 0 Å². The monoisotopic (exact) mass is 435 g/mol. The van der Waals surface area contributed by atoms with Crippen molar-refractivity contribution < 1.29 is 23.8 Å². The van der Waals surface area contributed by atoms with Crippen LogP contribution in [0.4, 0.5) is 5.69 Å². The van der Waals surface area contributed by atoms with E-state index in [1.807, 2.05) is 32.0 Å². The standard InChI is InChI=1S/C20H22BrNO5/c1-12-5-8-18(16(21)9-12)27-14(3)20(24)22-17-7-6-15(10-13(17)2)26-11-19(23)25-4/h5-10,14H,11H2,1-4H3,(H,22,24). The van der Waals surface area contributed by atoms with Gasteiger partial charge in [0.05, 0.1) is 11.6 Å². The minimum absolute atomic E-state index is 0.169. The molecule has 2 aromatic rings. The number of aryl methyl sites for hydroxylation is 2. The van der Waals surface area contributed by atoms with Gasteiger partial charge in [-0.3, -0.25) is 4.79 Å². The highest BCUT2D eigenvalue weighted by atomic mass is 79.9. The number of hydrogen-bond acceptors (Lipinski definition) is 5. The van der Waals surface area contributed by atoms with Crippen LogP contribution in [-0.2, 0) is 14.3 Å². The Bertz CT molecular complexity index is 837. The Morgan fingerprint density at radius 3 is 2.52 bits per heavy atom. The number of amides is 1. The second-order valence-corrected chi connectivity index (χ2v) is 6.88. The van der Waals surface area contributed by atoms with Crippen molar-refractivity contribution >= 4 is 33.5 Å². The summed E-state index contributed by atoms with van der Waals surface area (Å²) >= 11 is 3.44. The van der Waals surface area contributed by atoms with Gasteiger partial charge >= 0.3 is 5.97 Å².